The summed E-state index contributed by atoms with van der Waals surface area (Å²) in [6, 6.07) is 5.42. The van der Waals surface area contributed by atoms with Crippen LogP contribution in [-0.4, -0.2) is 56.3 Å². The Hall–Kier alpha value is -0.560. The number of carbonyl (C=O) groups excluding carboxylic acids is 1. The Morgan fingerprint density at radius 1 is 1.22 bits per heavy atom. The number of nitrogens with one attached hydrogen (secondary N) is 1. The fourth-order valence-corrected chi connectivity index (χ4v) is 3.00. The van der Waals surface area contributed by atoms with Crippen molar-refractivity contribution in [2.75, 3.05) is 39.4 Å². The first-order valence-corrected chi connectivity index (χ1v) is 8.08. The van der Waals surface area contributed by atoms with Crippen LogP contribution in [0.25, 0.3) is 0 Å². The molecule has 2 aliphatic rings. The Morgan fingerprint density at radius 2 is 2.04 bits per heavy atom. The second kappa shape index (κ2) is 8.51. The van der Waals surface area contributed by atoms with Gasteiger partial charge in [-0.05, 0) is 17.7 Å². The molecule has 128 valence electrons. The van der Waals surface area contributed by atoms with Crippen molar-refractivity contribution in [3.05, 3.63) is 33.8 Å². The van der Waals surface area contributed by atoms with Crippen molar-refractivity contribution in [2.24, 2.45) is 0 Å². The third-order valence-electron chi connectivity index (χ3n) is 3.90. The highest BCUT2D eigenvalue weighted by Crippen LogP contribution is 2.29. The summed E-state index contributed by atoms with van der Waals surface area (Å²) in [5.74, 6) is 0.0144. The third kappa shape index (κ3) is 4.50. The molecule has 0 bridgehead atoms. The number of ether oxygens (including phenoxy) is 2. The molecule has 2 saturated heterocycles. The van der Waals surface area contributed by atoms with E-state index in [1.807, 2.05) is 6.07 Å². The molecule has 2 atom stereocenters. The van der Waals surface area contributed by atoms with Gasteiger partial charge in [-0.3, -0.25) is 4.79 Å². The van der Waals surface area contributed by atoms with Crippen molar-refractivity contribution in [1.29, 1.82) is 0 Å². The van der Waals surface area contributed by atoms with Crippen LogP contribution in [0, 0.1) is 0 Å². The van der Waals surface area contributed by atoms with Crippen LogP contribution >= 0.6 is 35.6 Å². The number of hydrogen-bond acceptors (Lipinski definition) is 4. The van der Waals surface area contributed by atoms with Gasteiger partial charge >= 0.3 is 0 Å². The lowest BCUT2D eigenvalue weighted by Gasteiger charge is -2.36. The number of hydrogen-bond donors (Lipinski definition) is 1. The number of benzene rings is 1. The first-order valence-electron chi connectivity index (χ1n) is 7.33. The van der Waals surface area contributed by atoms with E-state index < -0.39 is 6.10 Å². The molecule has 0 aromatic heterocycles. The van der Waals surface area contributed by atoms with Crippen molar-refractivity contribution in [3.63, 3.8) is 0 Å². The molecule has 1 amide bonds. The van der Waals surface area contributed by atoms with Gasteiger partial charge in [0.15, 0.2) is 0 Å². The molecule has 3 rings (SSSR count). The summed E-state index contributed by atoms with van der Waals surface area (Å²) in [5, 5.41) is 4.18. The van der Waals surface area contributed by atoms with Crippen LogP contribution in [0.15, 0.2) is 18.2 Å². The number of amides is 1. The minimum absolute atomic E-state index is 0. The van der Waals surface area contributed by atoms with Crippen molar-refractivity contribution in [2.45, 2.75) is 12.2 Å². The summed E-state index contributed by atoms with van der Waals surface area (Å²) in [6.45, 7) is 3.49. The van der Waals surface area contributed by atoms with Crippen molar-refractivity contribution >= 4 is 41.5 Å². The van der Waals surface area contributed by atoms with E-state index in [4.69, 9.17) is 32.7 Å². The molecular weight excluding hydrogens is 363 g/mol. The fourth-order valence-electron chi connectivity index (χ4n) is 2.69. The third-order valence-corrected chi connectivity index (χ3v) is 4.64. The van der Waals surface area contributed by atoms with Crippen molar-refractivity contribution in [3.8, 4) is 0 Å². The first-order chi connectivity index (χ1) is 10.6. The van der Waals surface area contributed by atoms with Gasteiger partial charge in [0.2, 0.25) is 0 Å². The Balaban J connectivity index is 0.00000192. The maximum atomic E-state index is 12.5. The number of nitrogens with zero attached hydrogens (tertiary/aromatic N) is 1. The molecule has 1 aromatic rings. The van der Waals surface area contributed by atoms with Crippen LogP contribution < -0.4 is 5.32 Å². The van der Waals surface area contributed by atoms with Crippen molar-refractivity contribution < 1.29 is 14.3 Å². The molecule has 2 fully saturated rings. The molecular formula is C15H19Cl3N2O3. The van der Waals surface area contributed by atoms with E-state index in [-0.39, 0.29) is 24.4 Å². The summed E-state index contributed by atoms with van der Waals surface area (Å²) in [4.78, 5) is 14.3. The number of rotatable bonds is 2. The minimum atomic E-state index is -0.402. The van der Waals surface area contributed by atoms with Gasteiger partial charge in [-0.2, -0.15) is 0 Å². The SMILES string of the molecule is Cl.O=C(C1CNCCO1)N1CCOC(c2ccc(Cl)c(Cl)c2)C1. The van der Waals surface area contributed by atoms with Crippen LogP contribution in [0.4, 0.5) is 0 Å². The molecule has 0 aliphatic carbocycles. The zero-order chi connectivity index (χ0) is 15.5. The van der Waals surface area contributed by atoms with E-state index in [9.17, 15) is 4.79 Å². The monoisotopic (exact) mass is 380 g/mol. The highest BCUT2D eigenvalue weighted by Gasteiger charge is 2.31. The van der Waals surface area contributed by atoms with E-state index in [1.165, 1.54) is 0 Å². The fraction of sp³-hybridized carbons (Fsp3) is 0.533. The normalized spacial score (nSPS) is 24.9. The van der Waals surface area contributed by atoms with Crippen LogP contribution in [0.3, 0.4) is 0 Å². The van der Waals surface area contributed by atoms with Gasteiger partial charge < -0.3 is 19.7 Å². The molecule has 0 saturated carbocycles. The van der Waals surface area contributed by atoms with E-state index >= 15 is 0 Å². The topological polar surface area (TPSA) is 50.8 Å². The zero-order valence-corrected chi connectivity index (χ0v) is 14.8. The van der Waals surface area contributed by atoms with Gasteiger partial charge in [-0.25, -0.2) is 0 Å². The maximum absolute atomic E-state index is 12.5. The van der Waals surface area contributed by atoms with Gasteiger partial charge in [-0.1, -0.05) is 29.3 Å². The number of carbonyl (C=O) groups is 1. The van der Waals surface area contributed by atoms with Crippen LogP contribution in [0.2, 0.25) is 10.0 Å². The van der Waals surface area contributed by atoms with E-state index in [2.05, 4.69) is 5.32 Å². The van der Waals surface area contributed by atoms with Crippen LogP contribution in [0.1, 0.15) is 11.7 Å². The molecule has 5 nitrogen and oxygen atoms in total. The molecule has 2 aliphatic heterocycles. The van der Waals surface area contributed by atoms with Gasteiger partial charge in [0.1, 0.15) is 12.2 Å². The molecule has 2 unspecified atom stereocenters. The quantitative estimate of drug-likeness (QED) is 0.854. The van der Waals surface area contributed by atoms with Crippen LogP contribution in [-0.2, 0) is 14.3 Å². The van der Waals surface area contributed by atoms with E-state index in [0.717, 1.165) is 12.1 Å². The van der Waals surface area contributed by atoms with Gasteiger partial charge in [0.05, 0.1) is 29.8 Å². The average molecular weight is 382 g/mol. The molecule has 23 heavy (non-hydrogen) atoms. The largest absolute Gasteiger partial charge is 0.370 e. The average Bonchev–Trinajstić information content (AvgIpc) is 2.57. The summed E-state index contributed by atoms with van der Waals surface area (Å²) >= 11 is 12.0. The molecule has 0 radical (unpaired) electrons. The second-order valence-electron chi connectivity index (χ2n) is 5.38. The van der Waals surface area contributed by atoms with Gasteiger partial charge in [0.25, 0.3) is 5.91 Å². The standard InChI is InChI=1S/C15H18Cl2N2O3.ClH/c16-11-2-1-10(7-12(11)17)14-9-19(4-6-22-14)15(20)13-8-18-3-5-21-13;/h1-2,7,13-14,18H,3-6,8-9H2;1H. The Bertz CT molecular complexity index is 553. The lowest BCUT2D eigenvalue weighted by atomic mass is 10.1. The Kier molecular flexibility index (Phi) is 6.95. The summed E-state index contributed by atoms with van der Waals surface area (Å²) < 4.78 is 11.3. The molecule has 8 heteroatoms. The molecule has 1 aromatic carbocycles. The highest BCUT2D eigenvalue weighted by atomic mass is 35.5. The van der Waals surface area contributed by atoms with Gasteiger partial charge in [-0.15, -0.1) is 12.4 Å². The molecule has 2 heterocycles. The summed E-state index contributed by atoms with van der Waals surface area (Å²) in [6.07, 6.45) is -0.592. The molecule has 1 N–H and O–H groups in total. The molecule has 0 spiro atoms. The summed E-state index contributed by atoms with van der Waals surface area (Å²) in [7, 11) is 0. The summed E-state index contributed by atoms with van der Waals surface area (Å²) in [5.41, 5.74) is 0.926. The lowest BCUT2D eigenvalue weighted by Crippen LogP contribution is -2.52. The Labute approximate surface area is 151 Å². The number of halogens is 3. The second-order valence-corrected chi connectivity index (χ2v) is 6.20. The Morgan fingerprint density at radius 3 is 2.74 bits per heavy atom. The highest BCUT2D eigenvalue weighted by molar-refractivity contribution is 6.42. The van der Waals surface area contributed by atoms with Crippen molar-refractivity contribution in [1.82, 2.24) is 10.2 Å². The first kappa shape index (κ1) is 18.8. The van der Waals surface area contributed by atoms with E-state index in [1.54, 1.807) is 17.0 Å². The predicted octanol–water partition coefficient (Wildman–Crippen LogP) is 2.30. The maximum Gasteiger partial charge on any atom is 0.253 e. The smallest absolute Gasteiger partial charge is 0.253 e. The van der Waals surface area contributed by atoms with Crippen LogP contribution in [0.5, 0.6) is 0 Å². The predicted molar refractivity (Wildman–Crippen MR) is 91.6 cm³/mol. The lowest BCUT2D eigenvalue weighted by molar-refractivity contribution is -0.152. The zero-order valence-electron chi connectivity index (χ0n) is 12.5. The van der Waals surface area contributed by atoms with E-state index in [0.29, 0.717) is 42.9 Å². The van der Waals surface area contributed by atoms with Gasteiger partial charge in [0, 0.05) is 19.6 Å². The minimum Gasteiger partial charge on any atom is -0.370 e. The number of morpholine rings is 2.